The van der Waals surface area contributed by atoms with E-state index >= 15 is 0 Å². The highest BCUT2D eigenvalue weighted by Crippen LogP contribution is 2.15. The zero-order valence-electron chi connectivity index (χ0n) is 14.0. The zero-order chi connectivity index (χ0) is 17.3. The van der Waals surface area contributed by atoms with Crippen molar-refractivity contribution in [2.24, 2.45) is 0 Å². The number of esters is 2. The summed E-state index contributed by atoms with van der Waals surface area (Å²) in [7, 11) is 0.0645. The van der Waals surface area contributed by atoms with Crippen LogP contribution in [0.1, 0.15) is 27.1 Å². The molecule has 0 N–H and O–H groups in total. The van der Waals surface area contributed by atoms with Crippen LogP contribution in [0.15, 0.2) is 36.9 Å². The Morgan fingerprint density at radius 1 is 1.13 bits per heavy atom. The van der Waals surface area contributed by atoms with E-state index in [1.807, 2.05) is 0 Å². The molecule has 0 saturated heterocycles. The number of rotatable bonds is 9. The van der Waals surface area contributed by atoms with Gasteiger partial charge in [-0.05, 0) is 37.7 Å². The van der Waals surface area contributed by atoms with Gasteiger partial charge in [-0.15, -0.1) is 0 Å². The molecule has 0 amide bonds. The molecule has 0 aliphatic carbocycles. The summed E-state index contributed by atoms with van der Waals surface area (Å²) < 4.78 is 15.7. The monoisotopic (exact) mass is 336 g/mol. The van der Waals surface area contributed by atoms with E-state index < -0.39 is 20.3 Å². The summed E-state index contributed by atoms with van der Waals surface area (Å²) in [5.74, 6) is -1.08. The fourth-order valence-corrected chi connectivity index (χ4v) is 3.09. The normalized spacial score (nSPS) is 10.9. The predicted molar refractivity (Wildman–Crippen MR) is 91.1 cm³/mol. The molecule has 0 bridgehead atoms. The molecule has 0 aromatic heterocycles. The highest BCUT2D eigenvalue weighted by molar-refractivity contribution is 6.71. The Hall–Kier alpha value is -1.92. The van der Waals surface area contributed by atoms with Gasteiger partial charge in [0.15, 0.2) is 8.32 Å². The second kappa shape index (κ2) is 9.27. The molecule has 0 atom stereocenters. The minimum Gasteiger partial charge on any atom is -0.462 e. The van der Waals surface area contributed by atoms with Crippen molar-refractivity contribution in [2.75, 3.05) is 20.3 Å². The lowest BCUT2D eigenvalue weighted by atomic mass is 10.1. The van der Waals surface area contributed by atoms with Gasteiger partial charge in [0.2, 0.25) is 0 Å². The van der Waals surface area contributed by atoms with Gasteiger partial charge in [-0.25, -0.2) is 9.59 Å². The third-order valence-electron chi connectivity index (χ3n) is 3.41. The summed E-state index contributed by atoms with van der Waals surface area (Å²) in [4.78, 5) is 24.1. The average Bonchev–Trinajstić information content (AvgIpc) is 2.56. The summed E-state index contributed by atoms with van der Waals surface area (Å²) in [6, 6.07) is 7.36. The smallest absolute Gasteiger partial charge is 0.339 e. The Morgan fingerprint density at radius 2 is 1.70 bits per heavy atom. The second-order valence-corrected chi connectivity index (χ2v) is 10.1. The number of carbonyl (C=O) groups is 2. The van der Waals surface area contributed by atoms with Crippen LogP contribution in [0, 0.1) is 0 Å². The standard InChI is InChI=1S/C17H24O5Si/c1-5-11-21-16(18)14-9-6-7-10-15(14)17(19)22-12-8-13-23(3,4)20-2/h5-7,9-10H,1,8,11-13H2,2-4H3. The SMILES string of the molecule is C=CCOC(=O)c1ccccc1C(=O)OCCC[Si](C)(C)OC. The van der Waals surface area contributed by atoms with Crippen LogP contribution < -0.4 is 0 Å². The van der Waals surface area contributed by atoms with E-state index in [0.717, 1.165) is 12.5 Å². The zero-order valence-corrected chi connectivity index (χ0v) is 15.0. The Labute approximate surface area is 138 Å². The molecule has 0 fully saturated rings. The highest BCUT2D eigenvalue weighted by atomic mass is 28.4. The van der Waals surface area contributed by atoms with Crippen LogP contribution in [0.5, 0.6) is 0 Å². The van der Waals surface area contributed by atoms with Crippen molar-refractivity contribution < 1.29 is 23.5 Å². The van der Waals surface area contributed by atoms with Crippen molar-refractivity contribution in [3.8, 4) is 0 Å². The molecule has 0 aliphatic rings. The van der Waals surface area contributed by atoms with Crippen molar-refractivity contribution in [3.63, 3.8) is 0 Å². The van der Waals surface area contributed by atoms with Crippen molar-refractivity contribution in [1.82, 2.24) is 0 Å². The number of benzene rings is 1. The van der Waals surface area contributed by atoms with Crippen LogP contribution >= 0.6 is 0 Å². The van der Waals surface area contributed by atoms with Crippen LogP contribution in [0.3, 0.4) is 0 Å². The van der Waals surface area contributed by atoms with Gasteiger partial charge in [0.05, 0.1) is 17.7 Å². The predicted octanol–water partition coefficient (Wildman–Crippen LogP) is 3.43. The van der Waals surface area contributed by atoms with Gasteiger partial charge >= 0.3 is 11.9 Å². The summed E-state index contributed by atoms with van der Waals surface area (Å²) in [5, 5.41) is 0. The molecule has 23 heavy (non-hydrogen) atoms. The highest BCUT2D eigenvalue weighted by Gasteiger charge is 2.21. The number of hydrogen-bond acceptors (Lipinski definition) is 5. The molecule has 0 saturated carbocycles. The van der Waals surface area contributed by atoms with Gasteiger partial charge in [0.1, 0.15) is 6.61 Å². The van der Waals surface area contributed by atoms with Crippen molar-refractivity contribution in [3.05, 3.63) is 48.0 Å². The maximum Gasteiger partial charge on any atom is 0.339 e. The maximum absolute atomic E-state index is 12.2. The van der Waals surface area contributed by atoms with Crippen LogP contribution in [0.2, 0.25) is 19.1 Å². The first-order chi connectivity index (χ1) is 10.9. The topological polar surface area (TPSA) is 61.8 Å². The molecule has 0 heterocycles. The lowest BCUT2D eigenvalue weighted by Gasteiger charge is -2.19. The summed E-state index contributed by atoms with van der Waals surface area (Å²) in [6.45, 7) is 8.10. The van der Waals surface area contributed by atoms with Crippen LogP contribution in [-0.4, -0.2) is 40.6 Å². The fraction of sp³-hybridized carbons (Fsp3) is 0.412. The molecule has 1 rings (SSSR count). The third kappa shape index (κ3) is 6.38. The minimum absolute atomic E-state index is 0.0962. The molecule has 5 nitrogen and oxygen atoms in total. The van der Waals surface area contributed by atoms with Gasteiger partial charge in [0, 0.05) is 7.11 Å². The maximum atomic E-state index is 12.2. The first-order valence-electron chi connectivity index (χ1n) is 7.50. The molecule has 1 aromatic carbocycles. The van der Waals surface area contributed by atoms with Crippen LogP contribution in [0.25, 0.3) is 0 Å². The van der Waals surface area contributed by atoms with Crippen LogP contribution in [0.4, 0.5) is 0 Å². The molecule has 0 unspecified atom stereocenters. The molecular weight excluding hydrogens is 312 g/mol. The van der Waals surface area contributed by atoms with Crippen molar-refractivity contribution in [2.45, 2.75) is 25.6 Å². The van der Waals surface area contributed by atoms with Gasteiger partial charge in [-0.2, -0.15) is 0 Å². The van der Waals surface area contributed by atoms with Gasteiger partial charge in [0.25, 0.3) is 0 Å². The molecule has 1 aromatic rings. The van der Waals surface area contributed by atoms with E-state index in [1.54, 1.807) is 31.4 Å². The summed E-state index contributed by atoms with van der Waals surface area (Å²) in [6.07, 6.45) is 2.21. The number of hydrogen-bond donors (Lipinski definition) is 0. The van der Waals surface area contributed by atoms with E-state index in [1.165, 1.54) is 6.08 Å². The third-order valence-corrected chi connectivity index (χ3v) is 6.07. The largest absolute Gasteiger partial charge is 0.462 e. The van der Waals surface area contributed by atoms with E-state index in [9.17, 15) is 9.59 Å². The van der Waals surface area contributed by atoms with Crippen molar-refractivity contribution >= 4 is 20.3 Å². The first kappa shape index (κ1) is 19.1. The number of carbonyl (C=O) groups excluding carboxylic acids is 2. The van der Waals surface area contributed by atoms with Gasteiger partial charge in [-0.3, -0.25) is 0 Å². The summed E-state index contributed by atoms with van der Waals surface area (Å²) in [5.41, 5.74) is 0.413. The Balaban J connectivity index is 2.62. The number of ether oxygens (including phenoxy) is 2. The quantitative estimate of drug-likeness (QED) is 0.299. The molecule has 0 aliphatic heterocycles. The average molecular weight is 336 g/mol. The van der Waals surface area contributed by atoms with E-state index in [0.29, 0.717) is 6.61 Å². The van der Waals surface area contributed by atoms with E-state index in [4.69, 9.17) is 13.9 Å². The lowest BCUT2D eigenvalue weighted by Crippen LogP contribution is -2.28. The van der Waals surface area contributed by atoms with Crippen molar-refractivity contribution in [1.29, 1.82) is 0 Å². The van der Waals surface area contributed by atoms with Gasteiger partial charge < -0.3 is 13.9 Å². The van der Waals surface area contributed by atoms with Crippen LogP contribution in [-0.2, 0) is 13.9 Å². The molecule has 6 heteroatoms. The Kier molecular flexibility index (Phi) is 7.71. The van der Waals surface area contributed by atoms with E-state index in [-0.39, 0.29) is 17.7 Å². The van der Waals surface area contributed by atoms with E-state index in [2.05, 4.69) is 19.7 Å². The summed E-state index contributed by atoms with van der Waals surface area (Å²) >= 11 is 0. The minimum atomic E-state index is -1.65. The first-order valence-corrected chi connectivity index (χ1v) is 10.6. The molecule has 0 radical (unpaired) electrons. The lowest BCUT2D eigenvalue weighted by molar-refractivity contribution is 0.0474. The Bertz CT molecular complexity index is 554. The molecular formula is C17H24O5Si. The fourth-order valence-electron chi connectivity index (χ4n) is 1.89. The second-order valence-electron chi connectivity index (χ2n) is 5.64. The molecule has 126 valence electrons. The van der Waals surface area contributed by atoms with Gasteiger partial charge in [-0.1, -0.05) is 24.8 Å². The molecule has 0 spiro atoms. The Morgan fingerprint density at radius 3 is 2.22 bits per heavy atom.